The molecule has 4 aromatic rings. The minimum Gasteiger partial charge on any atom is -0.495 e. The van der Waals surface area contributed by atoms with Gasteiger partial charge in [0.05, 0.1) is 18.4 Å². The summed E-state index contributed by atoms with van der Waals surface area (Å²) < 4.78 is 6.08. The Morgan fingerprint density at radius 3 is 2.55 bits per heavy atom. The summed E-state index contributed by atoms with van der Waals surface area (Å²) in [5.41, 5.74) is 1.15. The van der Waals surface area contributed by atoms with Gasteiger partial charge in [-0.15, -0.1) is 10.2 Å². The summed E-state index contributed by atoms with van der Waals surface area (Å²) in [5, 5.41) is 15.8. The van der Waals surface area contributed by atoms with Crippen LogP contribution in [-0.2, 0) is 4.79 Å². The number of aromatic nitrogens is 2. The highest BCUT2D eigenvalue weighted by molar-refractivity contribution is 8.01. The Bertz CT molecular complexity index is 1230. The molecule has 1 aromatic heterocycles. The fourth-order valence-corrected chi connectivity index (χ4v) is 4.52. The molecule has 156 valence electrons. The normalized spacial score (nSPS) is 10.6. The van der Waals surface area contributed by atoms with Crippen molar-refractivity contribution in [1.82, 2.24) is 10.2 Å². The number of rotatable bonds is 7. The quantitative estimate of drug-likeness (QED) is 0.314. The van der Waals surface area contributed by atoms with Gasteiger partial charge in [-0.05, 0) is 23.6 Å². The second-order valence-electron chi connectivity index (χ2n) is 6.40. The molecule has 0 saturated carbocycles. The summed E-state index contributed by atoms with van der Waals surface area (Å²) >= 11 is 2.47. The first-order chi connectivity index (χ1) is 15.1. The Labute approximate surface area is 186 Å². The van der Waals surface area contributed by atoms with Gasteiger partial charge in [-0.1, -0.05) is 71.6 Å². The molecule has 1 heterocycles. The Balaban J connectivity index is 1.39. The molecular formula is C22H18N4O3S2. The third-order valence-electron chi connectivity index (χ3n) is 4.34. The first-order valence-electron chi connectivity index (χ1n) is 9.32. The van der Waals surface area contributed by atoms with Crippen LogP contribution < -0.4 is 15.4 Å². The van der Waals surface area contributed by atoms with Crippen molar-refractivity contribution < 1.29 is 14.3 Å². The summed E-state index contributed by atoms with van der Waals surface area (Å²) in [6.07, 6.45) is 0. The number of hydrogen-bond acceptors (Lipinski definition) is 7. The van der Waals surface area contributed by atoms with E-state index >= 15 is 0 Å². The molecule has 0 fully saturated rings. The number of fused-ring (bicyclic) bond motifs is 1. The molecule has 2 N–H and O–H groups in total. The maximum absolute atomic E-state index is 12.8. The van der Waals surface area contributed by atoms with E-state index in [0.717, 1.165) is 16.5 Å². The fraction of sp³-hybridized carbons (Fsp3) is 0.0909. The maximum atomic E-state index is 12.8. The van der Waals surface area contributed by atoms with E-state index < -0.39 is 0 Å². The van der Waals surface area contributed by atoms with Gasteiger partial charge < -0.3 is 10.1 Å². The molecular weight excluding hydrogens is 432 g/mol. The number of para-hydroxylation sites is 1. The molecule has 0 spiro atoms. The van der Waals surface area contributed by atoms with Crippen molar-refractivity contribution in [2.45, 2.75) is 4.34 Å². The lowest BCUT2D eigenvalue weighted by Gasteiger charge is -2.11. The van der Waals surface area contributed by atoms with Gasteiger partial charge in [0.2, 0.25) is 11.0 Å². The van der Waals surface area contributed by atoms with E-state index in [1.54, 1.807) is 13.2 Å². The van der Waals surface area contributed by atoms with E-state index in [9.17, 15) is 9.59 Å². The zero-order valence-electron chi connectivity index (χ0n) is 16.5. The predicted octanol–water partition coefficient (Wildman–Crippen LogP) is 4.68. The summed E-state index contributed by atoms with van der Waals surface area (Å²) in [6, 6.07) is 20.5. The van der Waals surface area contributed by atoms with Crippen LogP contribution in [0.2, 0.25) is 0 Å². The van der Waals surface area contributed by atoms with E-state index in [2.05, 4.69) is 20.8 Å². The van der Waals surface area contributed by atoms with Crippen LogP contribution in [0.4, 0.5) is 10.8 Å². The van der Waals surface area contributed by atoms with Gasteiger partial charge in [0, 0.05) is 11.1 Å². The van der Waals surface area contributed by atoms with Crippen LogP contribution in [-0.4, -0.2) is 34.9 Å². The van der Waals surface area contributed by atoms with Crippen molar-refractivity contribution in [3.8, 4) is 5.75 Å². The molecule has 4 rings (SSSR count). The molecule has 7 nitrogen and oxygen atoms in total. The molecule has 0 radical (unpaired) electrons. The molecule has 0 unspecified atom stereocenters. The van der Waals surface area contributed by atoms with Crippen molar-refractivity contribution >= 4 is 56.5 Å². The van der Waals surface area contributed by atoms with Gasteiger partial charge >= 0.3 is 0 Å². The van der Waals surface area contributed by atoms with Crippen LogP contribution in [0.3, 0.4) is 0 Å². The first-order valence-corrected chi connectivity index (χ1v) is 11.1. The van der Waals surface area contributed by atoms with E-state index in [4.69, 9.17) is 4.74 Å². The van der Waals surface area contributed by atoms with E-state index in [1.807, 2.05) is 60.7 Å². The van der Waals surface area contributed by atoms with Crippen LogP contribution in [0.25, 0.3) is 10.8 Å². The zero-order chi connectivity index (χ0) is 21.6. The first kappa shape index (κ1) is 20.8. The Kier molecular flexibility index (Phi) is 6.44. The number of benzene rings is 3. The summed E-state index contributed by atoms with van der Waals surface area (Å²) in [5.74, 6) is 0.220. The van der Waals surface area contributed by atoms with Crippen molar-refractivity contribution in [1.29, 1.82) is 0 Å². The zero-order valence-corrected chi connectivity index (χ0v) is 18.1. The summed E-state index contributed by atoms with van der Waals surface area (Å²) in [7, 11) is 1.54. The number of carbonyl (C=O) groups is 2. The second kappa shape index (κ2) is 9.59. The molecule has 9 heteroatoms. The third-order valence-corrected chi connectivity index (χ3v) is 6.31. The van der Waals surface area contributed by atoms with Crippen molar-refractivity contribution in [2.75, 3.05) is 23.5 Å². The fourth-order valence-electron chi connectivity index (χ4n) is 2.97. The average Bonchev–Trinajstić information content (AvgIpc) is 3.24. The van der Waals surface area contributed by atoms with Crippen molar-refractivity contribution in [3.05, 3.63) is 72.3 Å². The number of anilines is 2. The highest BCUT2D eigenvalue weighted by Gasteiger charge is 2.17. The summed E-state index contributed by atoms with van der Waals surface area (Å²) in [6.45, 7) is 0. The Morgan fingerprint density at radius 2 is 1.74 bits per heavy atom. The highest BCUT2D eigenvalue weighted by Crippen LogP contribution is 2.31. The number of thioether (sulfide) groups is 1. The van der Waals surface area contributed by atoms with Crippen molar-refractivity contribution in [3.63, 3.8) is 0 Å². The SMILES string of the molecule is COc1c(C(=O)Nc2nnc(SCC(=O)Nc3ccccc3)s2)ccc2ccccc12. The van der Waals surface area contributed by atoms with Crippen molar-refractivity contribution in [2.24, 2.45) is 0 Å². The molecule has 0 atom stereocenters. The van der Waals surface area contributed by atoms with Gasteiger partial charge in [0.1, 0.15) is 5.75 Å². The molecule has 2 amide bonds. The lowest BCUT2D eigenvalue weighted by atomic mass is 10.0. The molecule has 0 aliphatic heterocycles. The molecule has 31 heavy (non-hydrogen) atoms. The minimum absolute atomic E-state index is 0.141. The number of methoxy groups -OCH3 is 1. The number of amides is 2. The molecule has 0 aliphatic rings. The highest BCUT2D eigenvalue weighted by atomic mass is 32.2. The standard InChI is InChI=1S/C22H18N4O3S2/c1-29-19-16-10-6-5-7-14(16)11-12-17(19)20(28)24-21-25-26-22(31-21)30-13-18(27)23-15-8-3-2-4-9-15/h2-12H,13H2,1H3,(H,23,27)(H,24,25,28). The van der Waals surface area contributed by atoms with E-state index in [-0.39, 0.29) is 17.6 Å². The minimum atomic E-state index is -0.336. The van der Waals surface area contributed by atoms with Crippen LogP contribution >= 0.6 is 23.1 Å². The smallest absolute Gasteiger partial charge is 0.261 e. The summed E-state index contributed by atoms with van der Waals surface area (Å²) in [4.78, 5) is 24.9. The van der Waals surface area contributed by atoms with Gasteiger partial charge in [-0.3, -0.25) is 14.9 Å². The average molecular weight is 451 g/mol. The van der Waals surface area contributed by atoms with Crippen LogP contribution in [0.1, 0.15) is 10.4 Å². The van der Waals surface area contributed by atoms with Gasteiger partial charge in [-0.2, -0.15) is 0 Å². The predicted molar refractivity (Wildman–Crippen MR) is 124 cm³/mol. The number of hydrogen-bond donors (Lipinski definition) is 2. The maximum Gasteiger partial charge on any atom is 0.261 e. The Morgan fingerprint density at radius 1 is 0.968 bits per heavy atom. The van der Waals surface area contributed by atoms with Crippen LogP contribution in [0.15, 0.2) is 71.1 Å². The molecule has 0 saturated heterocycles. The monoisotopic (exact) mass is 450 g/mol. The van der Waals surface area contributed by atoms with E-state index in [1.165, 1.54) is 23.1 Å². The van der Waals surface area contributed by atoms with E-state index in [0.29, 0.717) is 20.8 Å². The Hall–Kier alpha value is -3.43. The number of carbonyl (C=O) groups excluding carboxylic acids is 2. The topological polar surface area (TPSA) is 93.2 Å². The molecule has 0 bridgehead atoms. The number of ether oxygens (including phenoxy) is 1. The largest absolute Gasteiger partial charge is 0.495 e. The number of nitrogens with one attached hydrogen (secondary N) is 2. The second-order valence-corrected chi connectivity index (χ2v) is 8.60. The van der Waals surface area contributed by atoms with Crippen LogP contribution in [0, 0.1) is 0 Å². The van der Waals surface area contributed by atoms with Gasteiger partial charge in [0.25, 0.3) is 5.91 Å². The van der Waals surface area contributed by atoms with Crippen LogP contribution in [0.5, 0.6) is 5.75 Å². The van der Waals surface area contributed by atoms with Gasteiger partial charge in [0.15, 0.2) is 4.34 Å². The molecule has 0 aliphatic carbocycles. The lowest BCUT2D eigenvalue weighted by molar-refractivity contribution is -0.113. The lowest BCUT2D eigenvalue weighted by Crippen LogP contribution is -2.13. The third kappa shape index (κ3) is 5.01. The molecule has 3 aromatic carbocycles. The number of nitrogens with zero attached hydrogens (tertiary/aromatic N) is 2. The van der Waals surface area contributed by atoms with Gasteiger partial charge in [-0.25, -0.2) is 0 Å².